The number of pyridine rings is 1. The third kappa shape index (κ3) is 5.74. The van der Waals surface area contributed by atoms with Gasteiger partial charge in [0.25, 0.3) is 0 Å². The summed E-state index contributed by atoms with van der Waals surface area (Å²) >= 11 is 0. The highest BCUT2D eigenvalue weighted by atomic mass is 16.2. The van der Waals surface area contributed by atoms with Crippen molar-refractivity contribution in [3.8, 4) is 17.2 Å². The average molecular weight is 492 g/mol. The number of aromatic nitrogens is 3. The molecule has 2 fully saturated rings. The maximum Gasteiger partial charge on any atom is 0.244 e. The number of piperazine rings is 1. The van der Waals surface area contributed by atoms with Crippen molar-refractivity contribution >= 4 is 28.3 Å². The average Bonchev–Trinajstić information content (AvgIpc) is 3.76. The van der Waals surface area contributed by atoms with Crippen LogP contribution in [0.2, 0.25) is 0 Å². The summed E-state index contributed by atoms with van der Waals surface area (Å²) in [5.74, 6) is -0.210. The Morgan fingerprint density at radius 1 is 0.865 bits per heavy atom. The zero-order chi connectivity index (χ0) is 25.7. The lowest BCUT2D eigenvalue weighted by Crippen LogP contribution is -2.44. The van der Waals surface area contributed by atoms with E-state index in [-0.39, 0.29) is 5.91 Å². The van der Waals surface area contributed by atoms with Gasteiger partial charge in [-0.3, -0.25) is 19.7 Å². The number of likely N-dealkylation sites (N-methyl/N-ethyl adjacent to an activating group) is 1. The lowest BCUT2D eigenvalue weighted by molar-refractivity contribution is -0.119. The number of nitriles is 1. The number of hydrogen-bond donors (Lipinski definition) is 1. The summed E-state index contributed by atoms with van der Waals surface area (Å²) in [6, 6.07) is 19.8. The van der Waals surface area contributed by atoms with Crippen LogP contribution in [0.4, 0.5) is 11.4 Å². The molecule has 0 spiro atoms. The normalized spacial score (nSPS) is 16.3. The molecular weight excluding hydrogens is 462 g/mol. The van der Waals surface area contributed by atoms with E-state index in [0.29, 0.717) is 18.5 Å². The summed E-state index contributed by atoms with van der Waals surface area (Å²) < 4.78 is 0. The van der Waals surface area contributed by atoms with Gasteiger partial charge < -0.3 is 15.1 Å². The quantitative estimate of drug-likeness (QED) is 0.453. The summed E-state index contributed by atoms with van der Waals surface area (Å²) in [4.78, 5) is 29.4. The Bertz CT molecular complexity index is 1400. The van der Waals surface area contributed by atoms with Gasteiger partial charge in [-0.25, -0.2) is 0 Å². The third-order valence-electron chi connectivity index (χ3n) is 6.88. The molecule has 1 saturated carbocycles. The molecule has 0 atom stereocenters. The Morgan fingerprint density at radius 2 is 1.51 bits per heavy atom. The van der Waals surface area contributed by atoms with E-state index in [0.717, 1.165) is 48.3 Å². The highest BCUT2D eigenvalue weighted by molar-refractivity contribution is 5.99. The predicted molar refractivity (Wildman–Crippen MR) is 145 cm³/mol. The molecule has 1 N–H and O–H groups in total. The fourth-order valence-corrected chi connectivity index (χ4v) is 4.27. The molecule has 0 radical (unpaired) electrons. The number of nitrogens with one attached hydrogen (secondary N) is 1. The van der Waals surface area contributed by atoms with Crippen molar-refractivity contribution < 1.29 is 4.79 Å². The lowest BCUT2D eigenvalue weighted by atomic mass is 10.0. The van der Waals surface area contributed by atoms with Crippen LogP contribution in [0.15, 0.2) is 79.4 Å². The number of nitrogens with zero attached hydrogens (tertiary/aromatic N) is 6. The highest BCUT2D eigenvalue weighted by Gasteiger charge is 2.50. The van der Waals surface area contributed by atoms with Crippen molar-refractivity contribution in [2.45, 2.75) is 12.8 Å². The summed E-state index contributed by atoms with van der Waals surface area (Å²) in [6.45, 7) is 4.56. The first-order chi connectivity index (χ1) is 18.1. The van der Waals surface area contributed by atoms with E-state index in [2.05, 4.69) is 55.3 Å². The van der Waals surface area contributed by atoms with Crippen molar-refractivity contribution in [2.24, 2.45) is 5.41 Å². The molecule has 37 heavy (non-hydrogen) atoms. The van der Waals surface area contributed by atoms with E-state index < -0.39 is 5.41 Å². The number of rotatable bonds is 4. The number of fused-ring (bicyclic) bond motifs is 1. The summed E-state index contributed by atoms with van der Waals surface area (Å²) in [7, 11) is 2.17. The van der Waals surface area contributed by atoms with Gasteiger partial charge in [0.2, 0.25) is 5.91 Å². The van der Waals surface area contributed by atoms with Crippen LogP contribution >= 0.6 is 0 Å². The lowest BCUT2D eigenvalue weighted by Gasteiger charge is -2.33. The van der Waals surface area contributed by atoms with Crippen LogP contribution in [0.3, 0.4) is 0 Å². The van der Waals surface area contributed by atoms with Gasteiger partial charge in [0, 0.05) is 62.3 Å². The van der Waals surface area contributed by atoms with Gasteiger partial charge in [-0.2, -0.15) is 5.26 Å². The first-order valence-electron chi connectivity index (χ1n) is 12.4. The van der Waals surface area contributed by atoms with Crippen LogP contribution in [0.1, 0.15) is 12.8 Å². The molecule has 0 unspecified atom stereocenters. The molecule has 1 saturated heterocycles. The van der Waals surface area contributed by atoms with Crippen LogP contribution in [-0.4, -0.2) is 59.0 Å². The number of benzene rings is 2. The minimum atomic E-state index is -0.810. The Morgan fingerprint density at radius 3 is 2.16 bits per heavy atom. The summed E-state index contributed by atoms with van der Waals surface area (Å²) in [5.41, 5.74) is 4.95. The SMILES string of the molecule is CN1CCN(c2ccncc2)CC1.N#CC1(C(=O)Nc2ccc(-c3ccc4nccnc4c3)cc2)CC1. The standard InChI is InChI=1S/C19H14N4O.C10H15N3/c20-12-19(7-8-19)18(24)23-15-4-1-13(2-5-15)14-3-6-16-17(11-14)22-10-9-21-16;1-12-6-8-13(9-7-12)10-2-4-11-5-3-10/h1-6,9-11H,7-8H2,(H,23,24);2-5H,6-9H2,1H3. The Kier molecular flexibility index (Phi) is 7.06. The number of carbonyl (C=O) groups excluding carboxylic acids is 1. The van der Waals surface area contributed by atoms with Gasteiger partial charge in [-0.1, -0.05) is 18.2 Å². The monoisotopic (exact) mass is 491 g/mol. The number of hydrogen-bond acceptors (Lipinski definition) is 7. The molecule has 2 aromatic heterocycles. The van der Waals surface area contributed by atoms with Crippen LogP contribution < -0.4 is 10.2 Å². The Hall–Kier alpha value is -4.35. The largest absolute Gasteiger partial charge is 0.369 e. The predicted octanol–water partition coefficient (Wildman–Crippen LogP) is 4.37. The summed E-state index contributed by atoms with van der Waals surface area (Å²) in [5, 5.41) is 11.9. The highest BCUT2D eigenvalue weighted by Crippen LogP contribution is 2.45. The van der Waals surface area contributed by atoms with E-state index in [1.54, 1.807) is 12.4 Å². The molecule has 1 aliphatic carbocycles. The maximum atomic E-state index is 12.1. The van der Waals surface area contributed by atoms with Crippen molar-refractivity contribution in [3.05, 3.63) is 79.4 Å². The topological polar surface area (TPSA) is 98.0 Å². The Labute approximate surface area is 216 Å². The molecule has 186 valence electrons. The molecule has 4 aromatic rings. The Balaban J connectivity index is 0.000000182. The van der Waals surface area contributed by atoms with Crippen molar-refractivity contribution in [1.82, 2.24) is 19.9 Å². The van der Waals surface area contributed by atoms with Gasteiger partial charge in [0.05, 0.1) is 17.1 Å². The number of amides is 1. The first kappa shape index (κ1) is 24.3. The van der Waals surface area contributed by atoms with Gasteiger partial charge >= 0.3 is 0 Å². The zero-order valence-electron chi connectivity index (χ0n) is 20.8. The smallest absolute Gasteiger partial charge is 0.244 e. The van der Waals surface area contributed by atoms with E-state index in [4.69, 9.17) is 5.26 Å². The van der Waals surface area contributed by atoms with Gasteiger partial charge in [-0.15, -0.1) is 0 Å². The maximum absolute atomic E-state index is 12.1. The van der Waals surface area contributed by atoms with E-state index in [1.165, 1.54) is 5.69 Å². The number of anilines is 2. The van der Waals surface area contributed by atoms with Crippen LogP contribution in [0, 0.1) is 16.7 Å². The van der Waals surface area contributed by atoms with E-state index >= 15 is 0 Å². The molecule has 3 heterocycles. The molecule has 8 heteroatoms. The van der Waals surface area contributed by atoms with Crippen LogP contribution in [0.25, 0.3) is 22.2 Å². The second kappa shape index (κ2) is 10.7. The van der Waals surface area contributed by atoms with Crippen molar-refractivity contribution in [2.75, 3.05) is 43.4 Å². The van der Waals surface area contributed by atoms with E-state index in [9.17, 15) is 4.79 Å². The molecule has 2 aliphatic rings. The van der Waals surface area contributed by atoms with Crippen molar-refractivity contribution in [1.29, 1.82) is 5.26 Å². The molecule has 0 bridgehead atoms. The second-order valence-electron chi connectivity index (χ2n) is 9.48. The second-order valence-corrected chi connectivity index (χ2v) is 9.48. The molecule has 8 nitrogen and oxygen atoms in total. The van der Waals surface area contributed by atoms with Gasteiger partial charge in [0.15, 0.2) is 0 Å². The van der Waals surface area contributed by atoms with Gasteiger partial charge in [0.1, 0.15) is 5.41 Å². The zero-order valence-corrected chi connectivity index (χ0v) is 20.8. The molecule has 1 amide bonds. The van der Waals surface area contributed by atoms with Crippen LogP contribution in [-0.2, 0) is 4.79 Å². The van der Waals surface area contributed by atoms with Crippen molar-refractivity contribution in [3.63, 3.8) is 0 Å². The third-order valence-corrected chi connectivity index (χ3v) is 6.88. The minimum Gasteiger partial charge on any atom is -0.369 e. The number of carbonyl (C=O) groups is 1. The molecular formula is C29H29N7O. The molecule has 6 rings (SSSR count). The van der Waals surface area contributed by atoms with Crippen LogP contribution in [0.5, 0.6) is 0 Å². The molecule has 2 aromatic carbocycles. The summed E-state index contributed by atoms with van der Waals surface area (Å²) in [6.07, 6.45) is 8.35. The first-order valence-corrected chi connectivity index (χ1v) is 12.4. The fraction of sp³-hybridized carbons (Fsp3) is 0.276. The fourth-order valence-electron chi connectivity index (χ4n) is 4.27. The van der Waals surface area contributed by atoms with E-state index in [1.807, 2.05) is 54.9 Å². The van der Waals surface area contributed by atoms with Gasteiger partial charge in [-0.05, 0) is 67.4 Å². The molecule has 1 aliphatic heterocycles. The minimum absolute atomic E-state index is 0.210.